The van der Waals surface area contributed by atoms with Crippen LogP contribution in [0.3, 0.4) is 0 Å². The second-order valence-electron chi connectivity index (χ2n) is 5.70. The molecule has 2 aliphatic carbocycles. The van der Waals surface area contributed by atoms with Crippen molar-refractivity contribution in [1.82, 2.24) is 5.32 Å². The number of imide groups is 1. The van der Waals surface area contributed by atoms with Crippen LogP contribution in [-0.4, -0.2) is 11.8 Å². The van der Waals surface area contributed by atoms with Crippen LogP contribution in [0.1, 0.15) is 38.5 Å². The Morgan fingerprint density at radius 1 is 1.22 bits per heavy atom. The van der Waals surface area contributed by atoms with Gasteiger partial charge in [0.25, 0.3) is 0 Å². The molecular weight excluding hydrogens is 228 g/mol. The number of nitrogens with zero attached hydrogens (tertiary/aromatic N) is 1. The normalized spacial score (nSPS) is 42.5. The highest BCUT2D eigenvalue weighted by atomic mass is 16.2. The molecular formula is C14H16N2O2. The van der Waals surface area contributed by atoms with Crippen LogP contribution in [0.2, 0.25) is 0 Å². The van der Waals surface area contributed by atoms with Crippen molar-refractivity contribution < 1.29 is 9.59 Å². The fourth-order valence-electron chi connectivity index (χ4n) is 4.04. The molecule has 2 fully saturated rings. The molecule has 0 aromatic carbocycles. The van der Waals surface area contributed by atoms with E-state index >= 15 is 0 Å². The van der Waals surface area contributed by atoms with Crippen molar-refractivity contribution in [3.63, 3.8) is 0 Å². The van der Waals surface area contributed by atoms with Crippen molar-refractivity contribution in [2.75, 3.05) is 0 Å². The fraction of sp³-hybridized carbons (Fsp3) is 0.643. The number of allylic oxidation sites excluding steroid dienone is 2. The summed E-state index contributed by atoms with van der Waals surface area (Å²) in [5.74, 6) is -0.654. The van der Waals surface area contributed by atoms with E-state index in [4.69, 9.17) is 0 Å². The Hall–Kier alpha value is -1.63. The molecule has 0 spiro atoms. The highest BCUT2D eigenvalue weighted by molar-refractivity contribution is 6.05. The molecule has 2 bridgehead atoms. The molecule has 1 N–H and O–H groups in total. The molecule has 2 amide bonds. The van der Waals surface area contributed by atoms with Gasteiger partial charge in [0.2, 0.25) is 11.8 Å². The molecule has 1 saturated heterocycles. The molecule has 1 heterocycles. The van der Waals surface area contributed by atoms with Crippen molar-refractivity contribution in [3.05, 3.63) is 12.2 Å². The van der Waals surface area contributed by atoms with Crippen LogP contribution in [0.25, 0.3) is 0 Å². The summed E-state index contributed by atoms with van der Waals surface area (Å²) >= 11 is 0. The summed E-state index contributed by atoms with van der Waals surface area (Å²) in [6.07, 6.45) is 8.62. The van der Waals surface area contributed by atoms with E-state index in [1.807, 2.05) is 12.2 Å². The molecule has 1 aliphatic heterocycles. The smallest absolute Gasteiger partial charge is 0.247 e. The zero-order valence-electron chi connectivity index (χ0n) is 10.2. The number of nitrogens with one attached hydrogen (secondary N) is 1. The maximum absolute atomic E-state index is 12.3. The van der Waals surface area contributed by atoms with Crippen molar-refractivity contribution in [1.29, 1.82) is 5.26 Å². The number of amides is 2. The van der Waals surface area contributed by atoms with Gasteiger partial charge in [-0.3, -0.25) is 14.9 Å². The van der Waals surface area contributed by atoms with Gasteiger partial charge in [0.1, 0.15) is 5.41 Å². The van der Waals surface area contributed by atoms with Crippen LogP contribution in [0.15, 0.2) is 12.2 Å². The van der Waals surface area contributed by atoms with E-state index in [0.29, 0.717) is 12.8 Å². The monoisotopic (exact) mass is 244 g/mol. The van der Waals surface area contributed by atoms with Crippen molar-refractivity contribution in [3.8, 4) is 6.07 Å². The van der Waals surface area contributed by atoms with Crippen molar-refractivity contribution >= 4 is 11.8 Å². The van der Waals surface area contributed by atoms with Crippen LogP contribution < -0.4 is 5.32 Å². The van der Waals surface area contributed by atoms with Crippen molar-refractivity contribution in [2.45, 2.75) is 38.5 Å². The van der Waals surface area contributed by atoms with E-state index in [0.717, 1.165) is 25.7 Å². The van der Waals surface area contributed by atoms with Gasteiger partial charge in [-0.05, 0) is 25.7 Å². The van der Waals surface area contributed by atoms with Crippen LogP contribution in [0.4, 0.5) is 0 Å². The number of nitriles is 1. The van der Waals surface area contributed by atoms with E-state index in [1.54, 1.807) is 0 Å². The number of carbonyl (C=O) groups is 2. The summed E-state index contributed by atoms with van der Waals surface area (Å²) in [5.41, 5.74) is -1.55. The SMILES string of the molecule is N#C[C@@]12CC=CC[C@]3(CCCC[C@H]31)C(=O)NC2=O. The fourth-order valence-corrected chi connectivity index (χ4v) is 4.04. The highest BCUT2D eigenvalue weighted by Crippen LogP contribution is 2.57. The van der Waals surface area contributed by atoms with Crippen LogP contribution >= 0.6 is 0 Å². The zero-order chi connectivity index (χ0) is 12.8. The molecule has 94 valence electrons. The average molecular weight is 244 g/mol. The van der Waals surface area contributed by atoms with E-state index in [-0.39, 0.29) is 17.7 Å². The predicted molar refractivity (Wildman–Crippen MR) is 64.0 cm³/mol. The molecule has 0 radical (unpaired) electrons. The van der Waals surface area contributed by atoms with E-state index in [1.165, 1.54) is 0 Å². The minimum atomic E-state index is -1.03. The van der Waals surface area contributed by atoms with E-state index < -0.39 is 10.8 Å². The lowest BCUT2D eigenvalue weighted by Gasteiger charge is -2.50. The first-order valence-corrected chi connectivity index (χ1v) is 6.58. The van der Waals surface area contributed by atoms with Crippen LogP contribution in [-0.2, 0) is 9.59 Å². The minimum absolute atomic E-state index is 0.111. The van der Waals surface area contributed by atoms with Gasteiger partial charge < -0.3 is 0 Å². The summed E-state index contributed by atoms with van der Waals surface area (Å²) in [5, 5.41) is 12.0. The third kappa shape index (κ3) is 1.19. The van der Waals surface area contributed by atoms with Crippen LogP contribution in [0, 0.1) is 28.1 Å². The molecule has 4 nitrogen and oxygen atoms in total. The summed E-state index contributed by atoms with van der Waals surface area (Å²) in [6, 6.07) is 2.24. The molecule has 4 heteroatoms. The van der Waals surface area contributed by atoms with Gasteiger partial charge in [-0.2, -0.15) is 5.26 Å². The van der Waals surface area contributed by atoms with Gasteiger partial charge in [-0.15, -0.1) is 0 Å². The molecule has 18 heavy (non-hydrogen) atoms. The summed E-state index contributed by atoms with van der Waals surface area (Å²) in [7, 11) is 0. The Morgan fingerprint density at radius 3 is 2.78 bits per heavy atom. The zero-order valence-corrected chi connectivity index (χ0v) is 10.2. The first-order chi connectivity index (χ1) is 8.66. The average Bonchev–Trinajstić information content (AvgIpc) is 2.53. The van der Waals surface area contributed by atoms with E-state index in [2.05, 4.69) is 11.4 Å². The first-order valence-electron chi connectivity index (χ1n) is 6.58. The maximum Gasteiger partial charge on any atom is 0.247 e. The number of piperidine rings is 1. The third-order valence-electron chi connectivity index (χ3n) is 5.00. The number of rotatable bonds is 0. The summed E-state index contributed by atoms with van der Waals surface area (Å²) in [6.45, 7) is 0. The third-order valence-corrected chi connectivity index (χ3v) is 5.00. The second-order valence-corrected chi connectivity index (χ2v) is 5.70. The largest absolute Gasteiger partial charge is 0.295 e. The Kier molecular flexibility index (Phi) is 2.34. The lowest BCUT2D eigenvalue weighted by Crippen LogP contribution is -2.63. The highest BCUT2D eigenvalue weighted by Gasteiger charge is 2.63. The Morgan fingerprint density at radius 2 is 2.00 bits per heavy atom. The molecule has 0 aromatic rings. The van der Waals surface area contributed by atoms with Crippen LogP contribution in [0.5, 0.6) is 0 Å². The number of carbonyl (C=O) groups excluding carboxylic acids is 2. The molecule has 3 atom stereocenters. The maximum atomic E-state index is 12.3. The van der Waals surface area contributed by atoms with E-state index in [9.17, 15) is 14.9 Å². The molecule has 3 rings (SSSR count). The standard InChI is InChI=1S/C14H16N2O2/c15-9-14-8-4-3-7-13(11(17)16-12(14)18)6-2-1-5-10(13)14/h3-4,10H,1-2,5-8H2,(H,16,17,18)/t10-,13+,14+/m1/s1. The van der Waals surface area contributed by atoms with Gasteiger partial charge in [0, 0.05) is 5.92 Å². The van der Waals surface area contributed by atoms with Gasteiger partial charge >= 0.3 is 0 Å². The minimum Gasteiger partial charge on any atom is -0.295 e. The number of hydrogen-bond acceptors (Lipinski definition) is 3. The quantitative estimate of drug-likeness (QED) is 0.520. The molecule has 3 aliphatic rings. The predicted octanol–water partition coefficient (Wildman–Crippen LogP) is 1.68. The molecule has 0 unspecified atom stereocenters. The number of hydrogen-bond donors (Lipinski definition) is 1. The molecule has 0 aromatic heterocycles. The topological polar surface area (TPSA) is 70.0 Å². The van der Waals surface area contributed by atoms with Gasteiger partial charge in [-0.25, -0.2) is 0 Å². The van der Waals surface area contributed by atoms with Gasteiger partial charge in [0.05, 0.1) is 11.5 Å². The Balaban J connectivity index is 2.19. The lowest BCUT2D eigenvalue weighted by molar-refractivity contribution is -0.158. The Labute approximate surface area is 106 Å². The second kappa shape index (κ2) is 3.68. The van der Waals surface area contributed by atoms with Gasteiger partial charge in [0.15, 0.2) is 0 Å². The molecule has 1 saturated carbocycles. The lowest BCUT2D eigenvalue weighted by atomic mass is 9.52. The Bertz CT molecular complexity index is 491. The first kappa shape index (κ1) is 11.5. The summed E-state index contributed by atoms with van der Waals surface area (Å²) < 4.78 is 0. The van der Waals surface area contributed by atoms with Gasteiger partial charge in [-0.1, -0.05) is 25.0 Å². The summed E-state index contributed by atoms with van der Waals surface area (Å²) in [4.78, 5) is 24.5. The van der Waals surface area contributed by atoms with Crippen molar-refractivity contribution in [2.24, 2.45) is 16.7 Å².